The number of morpholine rings is 1. The summed E-state index contributed by atoms with van der Waals surface area (Å²) in [6.07, 6.45) is 7.00. The molecule has 2 aliphatic heterocycles. The van der Waals surface area contributed by atoms with Crippen molar-refractivity contribution in [1.29, 1.82) is 0 Å². The average Bonchev–Trinajstić information content (AvgIpc) is 2.92. The second-order valence-electron chi connectivity index (χ2n) is 9.31. The Labute approximate surface area is 214 Å². The fourth-order valence-electron chi connectivity index (χ4n) is 4.95. The van der Waals surface area contributed by atoms with Crippen molar-refractivity contribution in [3.05, 3.63) is 48.3 Å². The molecule has 0 saturated carbocycles. The minimum absolute atomic E-state index is 0.192. The zero-order chi connectivity index (χ0) is 24.9. The van der Waals surface area contributed by atoms with Crippen LogP contribution >= 0.6 is 0 Å². The summed E-state index contributed by atoms with van der Waals surface area (Å²) in [5.41, 5.74) is 4.45. The first-order chi connectivity index (χ1) is 17.6. The largest absolute Gasteiger partial charge is 0.473 e. The van der Waals surface area contributed by atoms with Gasteiger partial charge in [0.2, 0.25) is 5.88 Å². The first-order valence-electron chi connectivity index (χ1n) is 12.5. The van der Waals surface area contributed by atoms with Gasteiger partial charge in [-0.25, -0.2) is 18.5 Å². The lowest BCUT2D eigenvalue weighted by Crippen LogP contribution is -2.45. The maximum absolute atomic E-state index is 11.9. The fraction of sp³-hybridized carbons (Fsp3) is 0.500. The number of aliphatic hydroxyl groups is 1. The van der Waals surface area contributed by atoms with Crippen molar-refractivity contribution in [2.24, 2.45) is 0 Å². The lowest BCUT2D eigenvalue weighted by molar-refractivity contribution is -0.0240. The predicted molar refractivity (Wildman–Crippen MR) is 139 cm³/mol. The molecule has 192 valence electrons. The summed E-state index contributed by atoms with van der Waals surface area (Å²) in [5.74, 6) is 0.963. The summed E-state index contributed by atoms with van der Waals surface area (Å²) < 4.78 is 25.7. The highest BCUT2D eigenvalue weighted by atomic mass is 32.2. The summed E-state index contributed by atoms with van der Waals surface area (Å²) in [5, 5.41) is 9.17. The normalized spacial score (nSPS) is 21.0. The molecule has 0 spiro atoms. The monoisotopic (exact) mass is 511 g/mol. The average molecular weight is 512 g/mol. The van der Waals surface area contributed by atoms with Crippen LogP contribution in [0.15, 0.2) is 42.7 Å². The molecule has 4 heterocycles. The number of pyridine rings is 1. The van der Waals surface area contributed by atoms with Gasteiger partial charge in [-0.2, -0.15) is 0 Å². The van der Waals surface area contributed by atoms with E-state index in [-0.39, 0.29) is 12.7 Å². The molecule has 9 nitrogen and oxygen atoms in total. The molecule has 0 aliphatic carbocycles. The van der Waals surface area contributed by atoms with Crippen molar-refractivity contribution in [3.63, 3.8) is 0 Å². The van der Waals surface area contributed by atoms with Crippen LogP contribution in [0.3, 0.4) is 0 Å². The van der Waals surface area contributed by atoms with E-state index in [1.807, 2.05) is 10.4 Å². The van der Waals surface area contributed by atoms with Crippen molar-refractivity contribution in [2.45, 2.75) is 24.9 Å². The Morgan fingerprint density at radius 2 is 1.92 bits per heavy atom. The Morgan fingerprint density at radius 3 is 2.67 bits per heavy atom. The number of hydrogen-bond donors (Lipinski definition) is 1. The van der Waals surface area contributed by atoms with E-state index in [1.54, 1.807) is 18.6 Å². The molecule has 2 saturated heterocycles. The standard InChI is InChI=1S/C26H33N5O4S/c1-36(33)31-13-15-34-22(17-31)18-35-26-25-24(27-8-9-28-25)16-23(29-26)21-4-2-19(3-5-21)20-6-10-30(11-7-20)12-14-32/h2-5,8-9,16,20,22,32H,6-7,10-15,17-18H2,1H3/t22-,36?/m0/s1. The number of β-amino-alcohol motifs (C(OH)–C–C–N with tert-alkyl or cyclic N) is 1. The first kappa shape index (κ1) is 25.2. The molecule has 2 atom stereocenters. The van der Waals surface area contributed by atoms with Crippen LogP contribution in [0.1, 0.15) is 24.3 Å². The summed E-state index contributed by atoms with van der Waals surface area (Å²) in [4.78, 5) is 16.1. The number of hydrogen-bond acceptors (Lipinski definition) is 8. The third-order valence-corrected chi connectivity index (χ3v) is 8.04. The number of aliphatic hydroxyl groups excluding tert-OH is 1. The maximum atomic E-state index is 11.9. The number of likely N-dealkylation sites (tertiary alicyclic amines) is 1. The molecule has 1 N–H and O–H groups in total. The van der Waals surface area contributed by atoms with E-state index in [4.69, 9.17) is 14.5 Å². The predicted octanol–water partition coefficient (Wildman–Crippen LogP) is 2.24. The van der Waals surface area contributed by atoms with E-state index in [0.717, 1.165) is 49.2 Å². The van der Waals surface area contributed by atoms with Crippen LogP contribution in [-0.4, -0.2) is 98.4 Å². The van der Waals surface area contributed by atoms with Crippen molar-refractivity contribution in [2.75, 3.05) is 58.8 Å². The van der Waals surface area contributed by atoms with Crippen molar-refractivity contribution in [3.8, 4) is 17.1 Å². The zero-order valence-electron chi connectivity index (χ0n) is 20.6. The van der Waals surface area contributed by atoms with Crippen LogP contribution in [0.2, 0.25) is 0 Å². The van der Waals surface area contributed by atoms with E-state index < -0.39 is 11.0 Å². The van der Waals surface area contributed by atoms with Gasteiger partial charge in [0, 0.05) is 43.8 Å². The van der Waals surface area contributed by atoms with E-state index in [1.165, 1.54) is 5.56 Å². The molecule has 36 heavy (non-hydrogen) atoms. The number of benzene rings is 1. The third-order valence-electron chi connectivity index (χ3n) is 6.98. The fourth-order valence-corrected chi connectivity index (χ4v) is 5.66. The smallest absolute Gasteiger partial charge is 0.242 e. The van der Waals surface area contributed by atoms with Crippen LogP contribution in [0, 0.1) is 0 Å². The Bertz CT molecular complexity index is 1190. The van der Waals surface area contributed by atoms with Gasteiger partial charge in [-0.15, -0.1) is 0 Å². The van der Waals surface area contributed by atoms with Crippen LogP contribution < -0.4 is 4.74 Å². The molecule has 2 aromatic heterocycles. The van der Waals surface area contributed by atoms with Crippen molar-refractivity contribution >= 4 is 22.0 Å². The Kier molecular flexibility index (Phi) is 8.18. The molecule has 0 bridgehead atoms. The van der Waals surface area contributed by atoms with E-state index in [0.29, 0.717) is 43.6 Å². The molecule has 2 fully saturated rings. The molecule has 3 aromatic rings. The van der Waals surface area contributed by atoms with Crippen molar-refractivity contribution < 1.29 is 18.8 Å². The second kappa shape index (κ2) is 11.7. The lowest BCUT2D eigenvalue weighted by Gasteiger charge is -2.31. The molecule has 5 rings (SSSR count). The number of rotatable bonds is 8. The van der Waals surface area contributed by atoms with Gasteiger partial charge in [-0.3, -0.25) is 4.98 Å². The summed E-state index contributed by atoms with van der Waals surface area (Å²) >= 11 is 0. The van der Waals surface area contributed by atoms with Crippen LogP contribution in [0.4, 0.5) is 0 Å². The van der Waals surface area contributed by atoms with Gasteiger partial charge in [-0.05, 0) is 43.5 Å². The van der Waals surface area contributed by atoms with Gasteiger partial charge in [0.1, 0.15) is 12.7 Å². The second-order valence-corrected chi connectivity index (χ2v) is 10.7. The SMILES string of the molecule is CS(=O)N1CCO[C@H](COc2nc(-c3ccc(C4CCN(CCO)CC4)cc3)cc3nccnc23)C1. The van der Waals surface area contributed by atoms with Gasteiger partial charge < -0.3 is 19.5 Å². The number of aromatic nitrogens is 3. The minimum atomic E-state index is -1.03. The third kappa shape index (κ3) is 5.90. The van der Waals surface area contributed by atoms with Gasteiger partial charge in [0.25, 0.3) is 0 Å². The quantitative estimate of drug-likeness (QED) is 0.492. The highest BCUT2D eigenvalue weighted by Gasteiger charge is 2.24. The molecule has 0 amide bonds. The molecule has 1 unspecified atom stereocenters. The summed E-state index contributed by atoms with van der Waals surface area (Å²) in [6.45, 7) is 5.05. The maximum Gasteiger partial charge on any atom is 0.242 e. The topological polar surface area (TPSA) is 101 Å². The number of piperidine rings is 1. The Hall–Kier alpha value is -2.50. The lowest BCUT2D eigenvalue weighted by atomic mass is 9.89. The zero-order valence-corrected chi connectivity index (χ0v) is 21.4. The molecule has 0 radical (unpaired) electrons. The van der Waals surface area contributed by atoms with E-state index in [2.05, 4.69) is 39.1 Å². The highest BCUT2D eigenvalue weighted by Crippen LogP contribution is 2.31. The highest BCUT2D eigenvalue weighted by molar-refractivity contribution is 7.81. The van der Waals surface area contributed by atoms with E-state index >= 15 is 0 Å². The van der Waals surface area contributed by atoms with Gasteiger partial charge in [0.15, 0.2) is 5.52 Å². The van der Waals surface area contributed by atoms with Gasteiger partial charge in [0.05, 0.1) is 35.4 Å². The van der Waals surface area contributed by atoms with Crippen LogP contribution in [0.5, 0.6) is 5.88 Å². The van der Waals surface area contributed by atoms with E-state index in [9.17, 15) is 9.32 Å². The number of nitrogens with zero attached hydrogens (tertiary/aromatic N) is 5. The van der Waals surface area contributed by atoms with Crippen LogP contribution in [0.25, 0.3) is 22.3 Å². The molecular weight excluding hydrogens is 478 g/mol. The molecule has 10 heteroatoms. The minimum Gasteiger partial charge on any atom is -0.473 e. The molecular formula is C26H33N5O4S. The number of fused-ring (bicyclic) bond motifs is 1. The van der Waals surface area contributed by atoms with Crippen molar-refractivity contribution in [1.82, 2.24) is 24.2 Å². The molecule has 2 aliphatic rings. The summed E-state index contributed by atoms with van der Waals surface area (Å²) in [6, 6.07) is 10.6. The van der Waals surface area contributed by atoms with Crippen LogP contribution in [-0.2, 0) is 15.7 Å². The molecule has 1 aromatic carbocycles. The van der Waals surface area contributed by atoms with Gasteiger partial charge in [-0.1, -0.05) is 24.3 Å². The van der Waals surface area contributed by atoms with Gasteiger partial charge >= 0.3 is 0 Å². The number of ether oxygens (including phenoxy) is 2. The first-order valence-corrected chi connectivity index (χ1v) is 14.0. The summed E-state index contributed by atoms with van der Waals surface area (Å²) in [7, 11) is -1.03. The Morgan fingerprint density at radius 1 is 1.14 bits per heavy atom. The Balaban J connectivity index is 1.32.